The van der Waals surface area contributed by atoms with E-state index in [2.05, 4.69) is 6.58 Å². The molecule has 0 spiro atoms. The average molecular weight is 249 g/mol. The number of carbonyl (C=O) groups excluding carboxylic acids is 2. The van der Waals surface area contributed by atoms with Crippen LogP contribution in [-0.4, -0.2) is 18.5 Å². The number of nitrogens with two attached hydrogens (primary N) is 2. The summed E-state index contributed by atoms with van der Waals surface area (Å²) in [6.45, 7) is 3.33. The highest BCUT2D eigenvalue weighted by atomic mass is 16.5. The van der Waals surface area contributed by atoms with Gasteiger partial charge >= 0.3 is 6.03 Å². The van der Waals surface area contributed by atoms with Crippen LogP contribution in [0.2, 0.25) is 0 Å². The Bertz CT molecular complexity index is 472. The molecule has 1 rings (SSSR count). The number of carbonyl (C=O) groups is 2. The van der Waals surface area contributed by atoms with Crippen molar-refractivity contribution in [2.24, 2.45) is 5.73 Å². The third-order valence-corrected chi connectivity index (χ3v) is 2.07. The smallest absolute Gasteiger partial charge is 0.318 e. The fourth-order valence-corrected chi connectivity index (χ4v) is 1.37. The molecule has 0 saturated carbocycles. The van der Waals surface area contributed by atoms with Gasteiger partial charge in [-0.2, -0.15) is 0 Å². The zero-order valence-electron chi connectivity index (χ0n) is 9.81. The van der Waals surface area contributed by atoms with E-state index < -0.39 is 11.9 Å². The summed E-state index contributed by atoms with van der Waals surface area (Å²) in [7, 11) is 0. The number of hydrogen-bond acceptors (Lipinski definition) is 4. The zero-order chi connectivity index (χ0) is 13.5. The van der Waals surface area contributed by atoms with Crippen LogP contribution < -0.4 is 21.5 Å². The van der Waals surface area contributed by atoms with Crippen LogP contribution in [0.5, 0.6) is 5.75 Å². The van der Waals surface area contributed by atoms with E-state index in [1.54, 1.807) is 24.3 Å². The summed E-state index contributed by atoms with van der Waals surface area (Å²) in [5.74, 6) is -0.0902. The van der Waals surface area contributed by atoms with E-state index >= 15 is 0 Å². The van der Waals surface area contributed by atoms with Crippen molar-refractivity contribution in [3.05, 3.63) is 36.4 Å². The topological polar surface area (TPSA) is 107 Å². The van der Waals surface area contributed by atoms with E-state index in [-0.39, 0.29) is 6.61 Å². The molecular formula is C12H15N3O3. The van der Waals surface area contributed by atoms with Crippen LogP contribution in [0.4, 0.5) is 10.5 Å². The summed E-state index contributed by atoms with van der Waals surface area (Å²) in [5.41, 5.74) is 11.9. The molecule has 18 heavy (non-hydrogen) atoms. The van der Waals surface area contributed by atoms with Gasteiger partial charge in [0.25, 0.3) is 5.91 Å². The van der Waals surface area contributed by atoms with Gasteiger partial charge in [-0.3, -0.25) is 10.1 Å². The molecule has 6 nitrogen and oxygen atoms in total. The Morgan fingerprint density at radius 2 is 2.17 bits per heavy atom. The summed E-state index contributed by atoms with van der Waals surface area (Å²) in [6, 6.07) is 4.15. The number of hydrogen-bond donors (Lipinski definition) is 3. The maximum atomic E-state index is 11.2. The number of primary amides is 1. The first kappa shape index (κ1) is 13.6. The maximum absolute atomic E-state index is 11.2. The van der Waals surface area contributed by atoms with Gasteiger partial charge in [0, 0.05) is 5.69 Å². The van der Waals surface area contributed by atoms with Crippen LogP contribution in [0, 0.1) is 0 Å². The molecule has 1 aromatic rings. The van der Waals surface area contributed by atoms with Crippen LogP contribution in [0.1, 0.15) is 5.56 Å². The Labute approximate surface area is 105 Å². The fourth-order valence-electron chi connectivity index (χ4n) is 1.37. The van der Waals surface area contributed by atoms with E-state index in [1.807, 2.05) is 5.32 Å². The highest BCUT2D eigenvalue weighted by Crippen LogP contribution is 2.22. The molecule has 6 heteroatoms. The highest BCUT2D eigenvalue weighted by molar-refractivity contribution is 5.94. The van der Waals surface area contributed by atoms with Crippen LogP contribution >= 0.6 is 0 Å². The number of nitrogen functional groups attached to an aromatic ring is 1. The van der Waals surface area contributed by atoms with Gasteiger partial charge in [0.05, 0.1) is 0 Å². The number of anilines is 1. The van der Waals surface area contributed by atoms with Crippen molar-refractivity contribution >= 4 is 17.6 Å². The van der Waals surface area contributed by atoms with Crippen molar-refractivity contribution in [2.45, 2.75) is 6.42 Å². The number of amides is 3. The SMILES string of the molecule is C=CCc1cc(N)ccc1OCC(=O)NC(N)=O. The van der Waals surface area contributed by atoms with Gasteiger partial charge in [0.2, 0.25) is 0 Å². The minimum absolute atomic E-state index is 0.295. The standard InChI is InChI=1S/C12H15N3O3/c1-2-3-8-6-9(13)4-5-10(8)18-7-11(16)15-12(14)17/h2,4-6H,1,3,7,13H2,(H3,14,15,16,17). The number of benzene rings is 1. The lowest BCUT2D eigenvalue weighted by Crippen LogP contribution is -2.38. The Morgan fingerprint density at radius 1 is 1.44 bits per heavy atom. The van der Waals surface area contributed by atoms with Gasteiger partial charge in [-0.05, 0) is 30.2 Å². The second-order valence-electron chi connectivity index (χ2n) is 3.56. The Morgan fingerprint density at radius 3 is 2.78 bits per heavy atom. The Balaban J connectivity index is 2.69. The average Bonchev–Trinajstić information content (AvgIpc) is 2.27. The summed E-state index contributed by atoms with van der Waals surface area (Å²) >= 11 is 0. The fraction of sp³-hybridized carbons (Fsp3) is 0.167. The normalized spacial score (nSPS) is 9.56. The molecule has 1 aromatic carbocycles. The largest absolute Gasteiger partial charge is 0.483 e. The monoisotopic (exact) mass is 249 g/mol. The summed E-state index contributed by atoms with van der Waals surface area (Å²) in [5, 5.41) is 1.91. The zero-order valence-corrected chi connectivity index (χ0v) is 9.81. The predicted octanol–water partition coefficient (Wildman–Crippen LogP) is 0.571. The minimum Gasteiger partial charge on any atom is -0.483 e. The van der Waals surface area contributed by atoms with Gasteiger partial charge in [0.1, 0.15) is 5.75 Å². The van der Waals surface area contributed by atoms with Gasteiger partial charge in [-0.1, -0.05) is 6.08 Å². The number of urea groups is 1. The molecule has 0 heterocycles. The van der Waals surface area contributed by atoms with E-state index in [1.165, 1.54) is 0 Å². The molecule has 0 aliphatic rings. The number of rotatable bonds is 5. The lowest BCUT2D eigenvalue weighted by Gasteiger charge is -2.10. The molecule has 0 atom stereocenters. The Hall–Kier alpha value is -2.50. The second-order valence-corrected chi connectivity index (χ2v) is 3.56. The molecule has 0 fully saturated rings. The Kier molecular flexibility index (Phi) is 4.74. The van der Waals surface area contributed by atoms with E-state index in [0.717, 1.165) is 5.56 Å². The second kappa shape index (κ2) is 6.29. The van der Waals surface area contributed by atoms with Crippen LogP contribution in [0.25, 0.3) is 0 Å². The highest BCUT2D eigenvalue weighted by Gasteiger charge is 2.08. The van der Waals surface area contributed by atoms with Crippen molar-refractivity contribution < 1.29 is 14.3 Å². The molecule has 0 radical (unpaired) electrons. The summed E-state index contributed by atoms with van der Waals surface area (Å²) < 4.78 is 5.28. The van der Waals surface area contributed by atoms with E-state index in [9.17, 15) is 9.59 Å². The first-order valence-electron chi connectivity index (χ1n) is 5.24. The molecule has 5 N–H and O–H groups in total. The molecule has 0 saturated heterocycles. The molecular weight excluding hydrogens is 234 g/mol. The van der Waals surface area contributed by atoms with E-state index in [0.29, 0.717) is 17.9 Å². The first-order chi connectivity index (χ1) is 8.52. The van der Waals surface area contributed by atoms with Gasteiger partial charge in [-0.25, -0.2) is 4.79 Å². The lowest BCUT2D eigenvalue weighted by molar-refractivity contribution is -0.121. The quantitative estimate of drug-likeness (QED) is 0.523. The lowest BCUT2D eigenvalue weighted by atomic mass is 10.1. The third kappa shape index (κ3) is 4.17. The van der Waals surface area contributed by atoms with Crippen molar-refractivity contribution in [3.8, 4) is 5.75 Å². The third-order valence-electron chi connectivity index (χ3n) is 2.07. The van der Waals surface area contributed by atoms with Crippen molar-refractivity contribution in [3.63, 3.8) is 0 Å². The van der Waals surface area contributed by atoms with Gasteiger partial charge in [0.15, 0.2) is 6.61 Å². The number of allylic oxidation sites excluding steroid dienone is 1. The van der Waals surface area contributed by atoms with Crippen LogP contribution in [-0.2, 0) is 11.2 Å². The van der Waals surface area contributed by atoms with Crippen LogP contribution in [0.3, 0.4) is 0 Å². The summed E-state index contributed by atoms with van der Waals surface area (Å²) in [6.07, 6.45) is 2.27. The molecule has 0 aromatic heterocycles. The molecule has 0 aliphatic heterocycles. The summed E-state index contributed by atoms with van der Waals surface area (Å²) in [4.78, 5) is 21.6. The minimum atomic E-state index is -0.910. The molecule has 3 amide bonds. The number of nitrogens with one attached hydrogen (secondary N) is 1. The van der Waals surface area contributed by atoms with Crippen molar-refractivity contribution in [1.82, 2.24) is 5.32 Å². The van der Waals surface area contributed by atoms with Gasteiger partial charge < -0.3 is 16.2 Å². The van der Waals surface area contributed by atoms with Crippen molar-refractivity contribution in [1.29, 1.82) is 0 Å². The van der Waals surface area contributed by atoms with E-state index in [4.69, 9.17) is 16.2 Å². The molecule has 0 unspecified atom stereocenters. The van der Waals surface area contributed by atoms with Crippen LogP contribution in [0.15, 0.2) is 30.9 Å². The van der Waals surface area contributed by atoms with Gasteiger partial charge in [-0.15, -0.1) is 6.58 Å². The molecule has 0 aliphatic carbocycles. The predicted molar refractivity (Wildman–Crippen MR) is 68.0 cm³/mol. The van der Waals surface area contributed by atoms with Crippen molar-refractivity contribution in [2.75, 3.05) is 12.3 Å². The molecule has 96 valence electrons. The maximum Gasteiger partial charge on any atom is 0.318 e. The first-order valence-corrected chi connectivity index (χ1v) is 5.24. The number of ether oxygens (including phenoxy) is 1. The number of imide groups is 1. The molecule has 0 bridgehead atoms.